The molecule has 0 aliphatic rings. The summed E-state index contributed by atoms with van der Waals surface area (Å²) in [6.45, 7) is 0. The lowest BCUT2D eigenvalue weighted by Crippen LogP contribution is -2.31. The van der Waals surface area contributed by atoms with Gasteiger partial charge in [0.05, 0.1) is 11.2 Å². The second kappa shape index (κ2) is 4.81. The van der Waals surface area contributed by atoms with E-state index in [1.165, 1.54) is 0 Å². The third kappa shape index (κ3) is 4.91. The fraction of sp³-hybridized carbons (Fsp3) is 0.375. The molecule has 0 unspecified atom stereocenters. The summed E-state index contributed by atoms with van der Waals surface area (Å²) in [5, 5.41) is -0.370. The molecular formula is C8H4Cl2F5NO. The van der Waals surface area contributed by atoms with Gasteiger partial charge >= 0.3 is 12.3 Å². The highest BCUT2D eigenvalue weighted by Gasteiger charge is 2.45. The largest absolute Gasteiger partial charge is 0.431 e. The lowest BCUT2D eigenvalue weighted by Gasteiger charge is -2.19. The van der Waals surface area contributed by atoms with Crippen LogP contribution < -0.4 is 4.74 Å². The van der Waals surface area contributed by atoms with Crippen LogP contribution in [-0.2, 0) is 0 Å². The van der Waals surface area contributed by atoms with Crippen molar-refractivity contribution in [1.82, 2.24) is 4.98 Å². The predicted molar refractivity (Wildman–Crippen MR) is 50.5 cm³/mol. The van der Waals surface area contributed by atoms with Crippen LogP contribution in [0.3, 0.4) is 0 Å². The van der Waals surface area contributed by atoms with Crippen LogP contribution in [0.25, 0.3) is 0 Å². The van der Waals surface area contributed by atoms with Crippen molar-refractivity contribution in [2.75, 3.05) is 0 Å². The minimum Gasteiger partial charge on any atom is -0.431 e. The molecule has 0 saturated heterocycles. The average molecular weight is 296 g/mol. The maximum Gasteiger partial charge on any atom is 0.406 e. The summed E-state index contributed by atoms with van der Waals surface area (Å²) in [5.74, 6) is -0.603. The summed E-state index contributed by atoms with van der Waals surface area (Å²) in [7, 11) is 0. The third-order valence-electron chi connectivity index (χ3n) is 1.44. The second-order valence-electron chi connectivity index (χ2n) is 2.98. The molecule has 1 aromatic heterocycles. The van der Waals surface area contributed by atoms with Crippen molar-refractivity contribution in [2.24, 2.45) is 0 Å². The lowest BCUT2D eigenvalue weighted by molar-refractivity contribution is -0.255. The third-order valence-corrected chi connectivity index (χ3v) is 2.13. The number of nitrogens with zero attached hydrogens (tertiary/aromatic N) is 1. The van der Waals surface area contributed by atoms with Crippen molar-refractivity contribution in [2.45, 2.75) is 18.7 Å². The van der Waals surface area contributed by atoms with Gasteiger partial charge in [-0.25, -0.2) is 4.98 Å². The molecule has 0 aromatic carbocycles. The molecule has 2 nitrogen and oxygen atoms in total. The van der Waals surface area contributed by atoms with Gasteiger partial charge in [-0.15, -0.1) is 0 Å². The van der Waals surface area contributed by atoms with Crippen molar-refractivity contribution >= 4 is 23.2 Å². The van der Waals surface area contributed by atoms with E-state index in [9.17, 15) is 22.0 Å². The standard InChI is InChI=1S/C8H4Cl2F5NO/c9-5-1-4(2-16-6(5)10)17-8(14,15)3-7(11,12)13/h1-2H,3H2. The Balaban J connectivity index is 2.79. The normalized spacial score (nSPS) is 12.6. The molecule has 0 bridgehead atoms. The molecule has 0 spiro atoms. The average Bonchev–Trinajstić information content (AvgIpc) is 2.06. The number of aromatic nitrogens is 1. The SMILES string of the molecule is FC(F)(F)CC(F)(F)Oc1cnc(Cl)c(Cl)c1. The molecule has 0 amide bonds. The first-order valence-electron chi connectivity index (χ1n) is 4.04. The molecule has 0 fully saturated rings. The Bertz CT molecular complexity index is 409. The molecule has 0 atom stereocenters. The first kappa shape index (κ1) is 14.2. The number of rotatable bonds is 3. The van der Waals surface area contributed by atoms with Crippen molar-refractivity contribution in [1.29, 1.82) is 0 Å². The number of halogens is 7. The summed E-state index contributed by atoms with van der Waals surface area (Å²) >= 11 is 10.8. The summed E-state index contributed by atoms with van der Waals surface area (Å²) in [5.41, 5.74) is 0. The zero-order valence-corrected chi connectivity index (χ0v) is 9.37. The van der Waals surface area contributed by atoms with E-state index in [1.807, 2.05) is 0 Å². The number of hydrogen-bond donors (Lipinski definition) is 0. The minimum atomic E-state index is -5.05. The van der Waals surface area contributed by atoms with Gasteiger partial charge in [-0.2, -0.15) is 22.0 Å². The van der Waals surface area contributed by atoms with E-state index in [1.54, 1.807) is 0 Å². The Kier molecular flexibility index (Phi) is 4.03. The van der Waals surface area contributed by atoms with Gasteiger partial charge in [0.25, 0.3) is 0 Å². The molecular weight excluding hydrogens is 292 g/mol. The molecule has 9 heteroatoms. The fourth-order valence-electron chi connectivity index (χ4n) is 0.901. The van der Waals surface area contributed by atoms with Gasteiger partial charge in [0.15, 0.2) is 0 Å². The van der Waals surface area contributed by atoms with Crippen LogP contribution in [-0.4, -0.2) is 17.3 Å². The zero-order chi connectivity index (χ0) is 13.3. The van der Waals surface area contributed by atoms with Crippen LogP contribution in [0.15, 0.2) is 12.3 Å². The van der Waals surface area contributed by atoms with E-state index >= 15 is 0 Å². The van der Waals surface area contributed by atoms with E-state index in [0.29, 0.717) is 0 Å². The molecule has 1 heterocycles. The van der Waals surface area contributed by atoms with Crippen molar-refractivity contribution < 1.29 is 26.7 Å². The molecule has 0 aliphatic carbocycles. The van der Waals surface area contributed by atoms with Crippen LogP contribution in [0.5, 0.6) is 5.75 Å². The van der Waals surface area contributed by atoms with Gasteiger partial charge < -0.3 is 4.74 Å². The van der Waals surface area contributed by atoms with Gasteiger partial charge in [-0.3, -0.25) is 0 Å². The maximum absolute atomic E-state index is 12.8. The van der Waals surface area contributed by atoms with Crippen LogP contribution in [0.4, 0.5) is 22.0 Å². The number of hydrogen-bond acceptors (Lipinski definition) is 2. The summed E-state index contributed by atoms with van der Waals surface area (Å²) in [6, 6.07) is 0.848. The van der Waals surface area contributed by atoms with E-state index < -0.39 is 24.5 Å². The maximum atomic E-state index is 12.8. The fourth-order valence-corrected chi connectivity index (χ4v) is 1.16. The first-order chi connectivity index (χ1) is 7.59. The molecule has 96 valence electrons. The molecule has 0 aliphatic heterocycles. The van der Waals surface area contributed by atoms with Crippen LogP contribution in [0.1, 0.15) is 6.42 Å². The Morgan fingerprint density at radius 3 is 2.24 bits per heavy atom. The van der Waals surface area contributed by atoms with Crippen molar-refractivity contribution in [3.8, 4) is 5.75 Å². The molecule has 1 rings (SSSR count). The molecule has 0 radical (unpaired) electrons. The van der Waals surface area contributed by atoms with E-state index in [0.717, 1.165) is 12.3 Å². The van der Waals surface area contributed by atoms with E-state index in [-0.39, 0.29) is 10.2 Å². The van der Waals surface area contributed by atoms with E-state index in [4.69, 9.17) is 23.2 Å². The smallest absolute Gasteiger partial charge is 0.406 e. The Morgan fingerprint density at radius 2 is 1.76 bits per heavy atom. The van der Waals surface area contributed by atoms with Crippen LogP contribution in [0, 0.1) is 0 Å². The number of alkyl halides is 5. The van der Waals surface area contributed by atoms with Crippen LogP contribution in [0.2, 0.25) is 10.2 Å². The number of pyridine rings is 1. The van der Waals surface area contributed by atoms with Crippen LogP contribution >= 0.6 is 23.2 Å². The number of ether oxygens (including phenoxy) is 1. The monoisotopic (exact) mass is 295 g/mol. The Morgan fingerprint density at radius 1 is 1.18 bits per heavy atom. The van der Waals surface area contributed by atoms with Gasteiger partial charge in [0.2, 0.25) is 0 Å². The van der Waals surface area contributed by atoms with Gasteiger partial charge in [-0.05, 0) is 0 Å². The zero-order valence-electron chi connectivity index (χ0n) is 7.86. The highest BCUT2D eigenvalue weighted by Crippen LogP contribution is 2.34. The summed E-state index contributed by atoms with van der Waals surface area (Å²) in [4.78, 5) is 3.35. The highest BCUT2D eigenvalue weighted by molar-refractivity contribution is 6.41. The topological polar surface area (TPSA) is 22.1 Å². The molecule has 0 saturated carbocycles. The van der Waals surface area contributed by atoms with Gasteiger partial charge in [0.1, 0.15) is 17.3 Å². The predicted octanol–water partition coefficient (Wildman–Crippen LogP) is 4.31. The minimum absolute atomic E-state index is 0.168. The van der Waals surface area contributed by atoms with Crippen molar-refractivity contribution in [3.63, 3.8) is 0 Å². The van der Waals surface area contributed by atoms with E-state index in [2.05, 4.69) is 9.72 Å². The Labute approximate surface area is 102 Å². The first-order valence-corrected chi connectivity index (χ1v) is 4.79. The van der Waals surface area contributed by atoms with Gasteiger partial charge in [-0.1, -0.05) is 23.2 Å². The Hall–Kier alpha value is -0.820. The lowest BCUT2D eigenvalue weighted by atomic mass is 10.4. The summed E-state index contributed by atoms with van der Waals surface area (Å²) in [6.07, 6.45) is -11.1. The molecule has 0 N–H and O–H groups in total. The highest BCUT2D eigenvalue weighted by atomic mass is 35.5. The molecule has 1 aromatic rings. The summed E-state index contributed by atoms with van der Waals surface area (Å²) < 4.78 is 64.8. The molecule has 17 heavy (non-hydrogen) atoms. The second-order valence-corrected chi connectivity index (χ2v) is 3.74. The van der Waals surface area contributed by atoms with Gasteiger partial charge in [0, 0.05) is 6.07 Å². The quantitative estimate of drug-likeness (QED) is 0.612. The van der Waals surface area contributed by atoms with Crippen molar-refractivity contribution in [3.05, 3.63) is 22.4 Å².